The summed E-state index contributed by atoms with van der Waals surface area (Å²) >= 11 is 0. The molecule has 106 valence electrons. The van der Waals surface area contributed by atoms with E-state index in [1.54, 1.807) is 0 Å². The normalized spacial score (nSPS) is 17.9. The summed E-state index contributed by atoms with van der Waals surface area (Å²) in [6, 6.07) is 0. The summed E-state index contributed by atoms with van der Waals surface area (Å²) in [7, 11) is 4.09. The van der Waals surface area contributed by atoms with Crippen LogP contribution in [0.3, 0.4) is 0 Å². The van der Waals surface area contributed by atoms with Crippen molar-refractivity contribution in [3.63, 3.8) is 0 Å². The van der Waals surface area contributed by atoms with Gasteiger partial charge in [-0.2, -0.15) is 0 Å². The highest BCUT2D eigenvalue weighted by Crippen LogP contribution is 2.14. The van der Waals surface area contributed by atoms with Gasteiger partial charge < -0.3 is 9.53 Å². The standard InChI is InChI=1S/C8H16N2O.C5H10O2/c1-9(2)10-5-3-8(7-11)4-6-10;1-5(2,3)7-4-6/h7-8H,3-6H2,1-2H3;4H,1-3H3. The molecule has 18 heavy (non-hydrogen) atoms. The Bertz CT molecular complexity index is 241. The van der Waals surface area contributed by atoms with E-state index in [1.807, 2.05) is 34.9 Å². The number of nitrogens with zero attached hydrogens (tertiary/aromatic N) is 2. The molecule has 5 heteroatoms. The average molecular weight is 258 g/mol. The van der Waals surface area contributed by atoms with Gasteiger partial charge >= 0.3 is 0 Å². The Balaban J connectivity index is 0.000000360. The van der Waals surface area contributed by atoms with Crippen LogP contribution in [0.4, 0.5) is 0 Å². The molecule has 0 radical (unpaired) electrons. The number of carbonyl (C=O) groups is 2. The van der Waals surface area contributed by atoms with Gasteiger partial charge in [0.2, 0.25) is 0 Å². The van der Waals surface area contributed by atoms with E-state index in [1.165, 1.54) is 0 Å². The zero-order valence-electron chi connectivity index (χ0n) is 12.2. The number of rotatable bonds is 3. The summed E-state index contributed by atoms with van der Waals surface area (Å²) in [6.45, 7) is 7.97. The Morgan fingerprint density at radius 3 is 1.89 bits per heavy atom. The fourth-order valence-corrected chi connectivity index (χ4v) is 1.57. The highest BCUT2D eigenvalue weighted by Gasteiger charge is 2.18. The smallest absolute Gasteiger partial charge is 0.293 e. The lowest BCUT2D eigenvalue weighted by atomic mass is 10.00. The molecule has 1 heterocycles. The third kappa shape index (κ3) is 8.20. The number of ether oxygens (including phenoxy) is 1. The molecule has 0 aromatic rings. The minimum absolute atomic E-state index is 0.311. The van der Waals surface area contributed by atoms with Crippen LogP contribution < -0.4 is 0 Å². The predicted octanol–water partition coefficient (Wildman–Crippen LogP) is 1.33. The average Bonchev–Trinajstić information content (AvgIpc) is 2.28. The minimum Gasteiger partial charge on any atom is -0.462 e. The van der Waals surface area contributed by atoms with E-state index in [0.717, 1.165) is 32.2 Å². The summed E-state index contributed by atoms with van der Waals surface area (Å²) in [6.07, 6.45) is 3.12. The molecule has 1 saturated heterocycles. The topological polar surface area (TPSA) is 49.9 Å². The molecule has 0 amide bonds. The summed E-state index contributed by atoms with van der Waals surface area (Å²) in [5.74, 6) is 0.311. The monoisotopic (exact) mass is 258 g/mol. The number of hydrogen-bond donors (Lipinski definition) is 0. The van der Waals surface area contributed by atoms with E-state index in [9.17, 15) is 9.59 Å². The first-order valence-electron chi connectivity index (χ1n) is 6.29. The number of carbonyl (C=O) groups excluding carboxylic acids is 2. The van der Waals surface area contributed by atoms with Crippen LogP contribution in [0.5, 0.6) is 0 Å². The maximum atomic E-state index is 10.4. The summed E-state index contributed by atoms with van der Waals surface area (Å²) in [5.41, 5.74) is -0.318. The van der Waals surface area contributed by atoms with Crippen molar-refractivity contribution in [1.82, 2.24) is 10.0 Å². The van der Waals surface area contributed by atoms with E-state index < -0.39 is 0 Å². The van der Waals surface area contributed by atoms with Crippen molar-refractivity contribution in [3.05, 3.63) is 0 Å². The Morgan fingerprint density at radius 1 is 1.17 bits per heavy atom. The van der Waals surface area contributed by atoms with Crippen molar-refractivity contribution >= 4 is 12.8 Å². The zero-order valence-corrected chi connectivity index (χ0v) is 12.2. The molecule has 0 aliphatic carbocycles. The van der Waals surface area contributed by atoms with Crippen LogP contribution in [0, 0.1) is 5.92 Å². The second kappa shape index (κ2) is 8.21. The molecule has 0 atom stereocenters. The second-order valence-electron chi connectivity index (χ2n) is 5.60. The molecule has 0 bridgehead atoms. The minimum atomic E-state index is -0.318. The Labute approximate surface area is 110 Å². The van der Waals surface area contributed by atoms with Crippen LogP contribution in [0.2, 0.25) is 0 Å². The molecule has 0 unspecified atom stereocenters. The molecule has 1 aliphatic rings. The fourth-order valence-electron chi connectivity index (χ4n) is 1.57. The quantitative estimate of drug-likeness (QED) is 0.715. The van der Waals surface area contributed by atoms with Gasteiger partial charge in [0.1, 0.15) is 11.9 Å². The summed E-state index contributed by atoms with van der Waals surface area (Å²) < 4.78 is 4.55. The van der Waals surface area contributed by atoms with Crippen LogP contribution in [0.15, 0.2) is 0 Å². The van der Waals surface area contributed by atoms with Crippen molar-refractivity contribution in [2.75, 3.05) is 27.2 Å². The van der Waals surface area contributed by atoms with Gasteiger partial charge in [0.05, 0.1) is 0 Å². The first-order valence-corrected chi connectivity index (χ1v) is 6.29. The van der Waals surface area contributed by atoms with Gasteiger partial charge in [-0.05, 0) is 33.6 Å². The van der Waals surface area contributed by atoms with Crippen LogP contribution in [-0.4, -0.2) is 55.6 Å². The predicted molar refractivity (Wildman–Crippen MR) is 71.0 cm³/mol. The molecule has 0 aromatic carbocycles. The van der Waals surface area contributed by atoms with Crippen LogP contribution in [0.1, 0.15) is 33.6 Å². The van der Waals surface area contributed by atoms with Crippen LogP contribution in [-0.2, 0) is 14.3 Å². The molecule has 0 aromatic heterocycles. The van der Waals surface area contributed by atoms with Crippen LogP contribution in [0.25, 0.3) is 0 Å². The van der Waals surface area contributed by atoms with E-state index in [4.69, 9.17) is 0 Å². The first-order chi connectivity index (χ1) is 8.30. The highest BCUT2D eigenvalue weighted by atomic mass is 16.5. The lowest BCUT2D eigenvalue weighted by Crippen LogP contribution is -2.42. The third-order valence-corrected chi connectivity index (χ3v) is 2.68. The van der Waals surface area contributed by atoms with Crippen molar-refractivity contribution in [2.24, 2.45) is 5.92 Å². The van der Waals surface area contributed by atoms with E-state index >= 15 is 0 Å². The van der Waals surface area contributed by atoms with Gasteiger partial charge in [0, 0.05) is 33.1 Å². The second-order valence-corrected chi connectivity index (χ2v) is 5.60. The fraction of sp³-hybridized carbons (Fsp3) is 0.846. The molecule has 0 spiro atoms. The summed E-state index contributed by atoms with van der Waals surface area (Å²) in [5, 5.41) is 4.36. The highest BCUT2D eigenvalue weighted by molar-refractivity contribution is 5.53. The van der Waals surface area contributed by atoms with Crippen molar-refractivity contribution in [2.45, 2.75) is 39.2 Å². The van der Waals surface area contributed by atoms with Gasteiger partial charge in [0.15, 0.2) is 0 Å². The maximum Gasteiger partial charge on any atom is 0.293 e. The molecular formula is C13H26N2O3. The van der Waals surface area contributed by atoms with E-state index in [-0.39, 0.29) is 5.60 Å². The molecule has 1 fully saturated rings. The first kappa shape index (κ1) is 17.1. The molecule has 0 saturated carbocycles. The molecule has 1 aliphatic heterocycles. The molecule has 0 N–H and O–H groups in total. The molecule has 1 rings (SSSR count). The number of aldehydes is 1. The third-order valence-electron chi connectivity index (χ3n) is 2.68. The Morgan fingerprint density at radius 2 is 1.67 bits per heavy atom. The molecule has 5 nitrogen and oxygen atoms in total. The van der Waals surface area contributed by atoms with Gasteiger partial charge in [0.25, 0.3) is 6.47 Å². The lowest BCUT2D eigenvalue weighted by molar-refractivity contribution is -0.138. The van der Waals surface area contributed by atoms with Gasteiger partial charge in [-0.1, -0.05) is 0 Å². The van der Waals surface area contributed by atoms with Gasteiger partial charge in [-0.3, -0.25) is 4.79 Å². The lowest BCUT2D eigenvalue weighted by Gasteiger charge is -2.34. The number of hydrogen-bond acceptors (Lipinski definition) is 5. The SMILES string of the molecule is CC(C)(C)OC=O.CN(C)N1CCC(C=O)CC1. The number of hydrazine groups is 1. The van der Waals surface area contributed by atoms with Crippen LogP contribution >= 0.6 is 0 Å². The Kier molecular flexibility index (Phi) is 7.78. The summed E-state index contributed by atoms with van der Waals surface area (Å²) in [4.78, 5) is 20.0. The van der Waals surface area contributed by atoms with E-state index in [0.29, 0.717) is 12.4 Å². The zero-order chi connectivity index (χ0) is 14.2. The van der Waals surface area contributed by atoms with Gasteiger partial charge in [-0.25, -0.2) is 10.0 Å². The Hall–Kier alpha value is -0.940. The van der Waals surface area contributed by atoms with Crippen molar-refractivity contribution in [1.29, 1.82) is 0 Å². The molecular weight excluding hydrogens is 232 g/mol. The maximum absolute atomic E-state index is 10.4. The van der Waals surface area contributed by atoms with Gasteiger partial charge in [-0.15, -0.1) is 0 Å². The van der Waals surface area contributed by atoms with Crippen molar-refractivity contribution in [3.8, 4) is 0 Å². The van der Waals surface area contributed by atoms with E-state index in [2.05, 4.69) is 14.8 Å². The number of piperidine rings is 1. The largest absolute Gasteiger partial charge is 0.462 e. The van der Waals surface area contributed by atoms with Crippen molar-refractivity contribution < 1.29 is 14.3 Å².